The molecule has 0 bridgehead atoms. The Kier molecular flexibility index (Phi) is 4.01. The van der Waals surface area contributed by atoms with E-state index >= 15 is 0 Å². The van der Waals surface area contributed by atoms with Crippen LogP contribution in [-0.2, 0) is 6.42 Å². The molecule has 4 nitrogen and oxygen atoms in total. The van der Waals surface area contributed by atoms with Gasteiger partial charge in [-0.2, -0.15) is 5.10 Å². The van der Waals surface area contributed by atoms with E-state index in [2.05, 4.69) is 28.5 Å². The van der Waals surface area contributed by atoms with E-state index in [0.717, 1.165) is 17.5 Å². The van der Waals surface area contributed by atoms with Crippen LogP contribution in [0.3, 0.4) is 0 Å². The number of anilines is 1. The zero-order valence-corrected chi connectivity index (χ0v) is 12.3. The Morgan fingerprint density at radius 3 is 2.82 bits per heavy atom. The van der Waals surface area contributed by atoms with Gasteiger partial charge in [-0.1, -0.05) is 43.3 Å². The van der Waals surface area contributed by atoms with Crippen LogP contribution in [0.2, 0.25) is 0 Å². The number of hydrogen-bond donors (Lipinski definition) is 2. The van der Waals surface area contributed by atoms with E-state index in [0.29, 0.717) is 11.2 Å². The van der Waals surface area contributed by atoms with Gasteiger partial charge in [0.05, 0.1) is 17.6 Å². The van der Waals surface area contributed by atoms with Crippen molar-refractivity contribution in [2.75, 3.05) is 5.43 Å². The van der Waals surface area contributed by atoms with Gasteiger partial charge in [0.1, 0.15) is 11.3 Å². The van der Waals surface area contributed by atoms with Crippen molar-refractivity contribution >= 4 is 22.8 Å². The maximum Gasteiger partial charge on any atom is 0.141 e. The smallest absolute Gasteiger partial charge is 0.141 e. The third kappa shape index (κ3) is 2.91. The Balaban J connectivity index is 1.82. The van der Waals surface area contributed by atoms with Crippen LogP contribution in [0.1, 0.15) is 18.2 Å². The molecule has 2 N–H and O–H groups in total. The number of rotatable bonds is 4. The van der Waals surface area contributed by atoms with Crippen LogP contribution in [0.15, 0.2) is 59.7 Å². The van der Waals surface area contributed by atoms with Crippen molar-refractivity contribution in [1.82, 2.24) is 4.98 Å². The van der Waals surface area contributed by atoms with Gasteiger partial charge in [-0.3, -0.25) is 5.43 Å². The molecule has 0 unspecified atom stereocenters. The molecule has 0 aliphatic carbocycles. The lowest BCUT2D eigenvalue weighted by Gasteiger charge is -2.06. The lowest BCUT2D eigenvalue weighted by Crippen LogP contribution is -1.96. The number of para-hydroxylation sites is 2. The summed E-state index contributed by atoms with van der Waals surface area (Å²) in [6, 6.07) is 17.2. The molecule has 1 aromatic heterocycles. The molecule has 0 atom stereocenters. The Hall–Kier alpha value is -2.88. The summed E-state index contributed by atoms with van der Waals surface area (Å²) in [5.41, 5.74) is 6.52. The Morgan fingerprint density at radius 1 is 1.09 bits per heavy atom. The van der Waals surface area contributed by atoms with Gasteiger partial charge in [-0.25, -0.2) is 4.98 Å². The summed E-state index contributed by atoms with van der Waals surface area (Å²) in [7, 11) is 0. The molecule has 0 aliphatic heterocycles. The van der Waals surface area contributed by atoms with Gasteiger partial charge in [0.25, 0.3) is 0 Å². The third-order valence-electron chi connectivity index (χ3n) is 3.50. The molecule has 0 amide bonds. The maximum absolute atomic E-state index is 9.84. The van der Waals surface area contributed by atoms with Gasteiger partial charge >= 0.3 is 0 Å². The van der Waals surface area contributed by atoms with Gasteiger partial charge in [-0.05, 0) is 30.2 Å². The van der Waals surface area contributed by atoms with Crippen molar-refractivity contribution in [2.45, 2.75) is 13.3 Å². The first kappa shape index (κ1) is 14.1. The van der Waals surface area contributed by atoms with Crippen molar-refractivity contribution in [3.63, 3.8) is 0 Å². The summed E-state index contributed by atoms with van der Waals surface area (Å²) >= 11 is 0. The zero-order chi connectivity index (χ0) is 15.4. The Morgan fingerprint density at radius 2 is 1.95 bits per heavy atom. The zero-order valence-electron chi connectivity index (χ0n) is 12.3. The molecule has 110 valence electrons. The number of nitrogens with one attached hydrogen (secondary N) is 1. The second kappa shape index (κ2) is 6.26. The highest BCUT2D eigenvalue weighted by atomic mass is 16.3. The van der Waals surface area contributed by atoms with Crippen LogP contribution in [0.5, 0.6) is 5.75 Å². The molecule has 0 fully saturated rings. The second-order valence-electron chi connectivity index (χ2n) is 4.97. The standard InChI is InChI=1S/C18H17N3O/c1-2-13-6-3-4-8-16(13)21-19-12-15-11-10-14-7-5-9-17(22)18(14)20-15/h3-12,21-22H,2H2,1H3/b19-12+. The fraction of sp³-hybridized carbons (Fsp3) is 0.111. The van der Waals surface area contributed by atoms with E-state index in [-0.39, 0.29) is 5.75 Å². The number of phenols is 1. The number of aryl methyl sites for hydroxylation is 1. The minimum Gasteiger partial charge on any atom is -0.506 e. The van der Waals surface area contributed by atoms with Crippen LogP contribution < -0.4 is 5.43 Å². The van der Waals surface area contributed by atoms with Crippen molar-refractivity contribution in [2.24, 2.45) is 5.10 Å². The first-order valence-corrected chi connectivity index (χ1v) is 7.23. The fourth-order valence-corrected chi connectivity index (χ4v) is 2.32. The number of pyridine rings is 1. The number of benzene rings is 2. The largest absolute Gasteiger partial charge is 0.506 e. The number of aromatic nitrogens is 1. The van der Waals surface area contributed by atoms with Crippen molar-refractivity contribution < 1.29 is 5.11 Å². The van der Waals surface area contributed by atoms with E-state index in [4.69, 9.17) is 0 Å². The molecule has 4 heteroatoms. The third-order valence-corrected chi connectivity index (χ3v) is 3.50. The van der Waals surface area contributed by atoms with Gasteiger partial charge < -0.3 is 5.11 Å². The fourth-order valence-electron chi connectivity index (χ4n) is 2.32. The van der Waals surface area contributed by atoms with Crippen LogP contribution in [0, 0.1) is 0 Å². The van der Waals surface area contributed by atoms with Crippen LogP contribution in [-0.4, -0.2) is 16.3 Å². The van der Waals surface area contributed by atoms with E-state index in [1.807, 2.05) is 36.4 Å². The Labute approximate surface area is 129 Å². The van der Waals surface area contributed by atoms with E-state index in [1.54, 1.807) is 18.3 Å². The second-order valence-corrected chi connectivity index (χ2v) is 4.97. The molecule has 22 heavy (non-hydrogen) atoms. The van der Waals surface area contributed by atoms with Crippen molar-refractivity contribution in [1.29, 1.82) is 0 Å². The van der Waals surface area contributed by atoms with E-state index < -0.39 is 0 Å². The van der Waals surface area contributed by atoms with Crippen molar-refractivity contribution in [3.8, 4) is 5.75 Å². The molecule has 1 heterocycles. The maximum atomic E-state index is 9.84. The molecular formula is C18H17N3O. The molecule has 0 saturated heterocycles. The summed E-state index contributed by atoms with van der Waals surface area (Å²) in [5.74, 6) is 0.178. The first-order chi connectivity index (χ1) is 10.8. The Bertz CT molecular complexity index is 827. The molecular weight excluding hydrogens is 274 g/mol. The molecule has 0 aliphatic rings. The summed E-state index contributed by atoms with van der Waals surface area (Å²) in [4.78, 5) is 4.41. The summed E-state index contributed by atoms with van der Waals surface area (Å²) in [5, 5.41) is 15.0. The number of phenolic OH excluding ortho intramolecular Hbond substituents is 1. The molecule has 0 spiro atoms. The van der Waals surface area contributed by atoms with E-state index in [9.17, 15) is 5.11 Å². The highest BCUT2D eigenvalue weighted by molar-refractivity contribution is 5.88. The number of nitrogens with zero attached hydrogens (tertiary/aromatic N) is 2. The number of aromatic hydroxyl groups is 1. The average molecular weight is 291 g/mol. The minimum atomic E-state index is 0.178. The summed E-state index contributed by atoms with van der Waals surface area (Å²) in [6.45, 7) is 2.11. The minimum absolute atomic E-state index is 0.178. The number of fused-ring (bicyclic) bond motifs is 1. The van der Waals surface area contributed by atoms with E-state index in [1.165, 1.54) is 5.56 Å². The predicted molar refractivity (Wildman–Crippen MR) is 90.4 cm³/mol. The topological polar surface area (TPSA) is 57.5 Å². The SMILES string of the molecule is CCc1ccccc1N/N=C/c1ccc2cccc(O)c2n1. The molecule has 0 saturated carbocycles. The summed E-state index contributed by atoms with van der Waals surface area (Å²) in [6.07, 6.45) is 2.60. The normalized spacial score (nSPS) is 11.1. The van der Waals surface area contributed by atoms with Gasteiger partial charge in [0, 0.05) is 5.39 Å². The average Bonchev–Trinajstić information content (AvgIpc) is 2.56. The monoisotopic (exact) mass is 291 g/mol. The van der Waals surface area contributed by atoms with Crippen molar-refractivity contribution in [3.05, 3.63) is 65.9 Å². The molecule has 2 aromatic carbocycles. The molecule has 3 rings (SSSR count). The van der Waals surface area contributed by atoms with Gasteiger partial charge in [0.2, 0.25) is 0 Å². The highest BCUT2D eigenvalue weighted by Gasteiger charge is 2.01. The van der Waals surface area contributed by atoms with Gasteiger partial charge in [-0.15, -0.1) is 0 Å². The number of hydrogen-bond acceptors (Lipinski definition) is 4. The molecule has 3 aromatic rings. The number of hydrazone groups is 1. The van der Waals surface area contributed by atoms with Gasteiger partial charge in [0.15, 0.2) is 0 Å². The van der Waals surface area contributed by atoms with Crippen LogP contribution >= 0.6 is 0 Å². The lowest BCUT2D eigenvalue weighted by atomic mass is 10.1. The quantitative estimate of drug-likeness (QED) is 0.565. The lowest BCUT2D eigenvalue weighted by molar-refractivity contribution is 0.480. The first-order valence-electron chi connectivity index (χ1n) is 7.23. The predicted octanol–water partition coefficient (Wildman–Crippen LogP) is 3.95. The summed E-state index contributed by atoms with van der Waals surface area (Å²) < 4.78 is 0. The molecule has 0 radical (unpaired) electrons. The van der Waals surface area contributed by atoms with Crippen LogP contribution in [0.25, 0.3) is 10.9 Å². The van der Waals surface area contributed by atoms with Crippen LogP contribution in [0.4, 0.5) is 5.69 Å². The highest BCUT2D eigenvalue weighted by Crippen LogP contribution is 2.22.